The predicted octanol–water partition coefficient (Wildman–Crippen LogP) is 34.3. The minimum atomic E-state index is 0.0999. The molecule has 0 saturated heterocycles. The Kier molecular flexibility index (Phi) is 30.0. The largest absolute Gasteiger partial charge is 0.366 e. The Morgan fingerprint density at radius 3 is 0.887 bits per heavy atom. The van der Waals surface area contributed by atoms with Gasteiger partial charge in [0, 0.05) is 208 Å². The van der Waals surface area contributed by atoms with Gasteiger partial charge in [0.1, 0.15) is 0 Å². The molecule has 10 aromatic carbocycles. The van der Waals surface area contributed by atoms with Crippen molar-refractivity contribution in [3.8, 4) is 0 Å². The van der Waals surface area contributed by atoms with Crippen molar-refractivity contribution in [2.75, 3.05) is 85.0 Å². The molecule has 4 saturated carbocycles. The maximum Gasteiger partial charge on any atom is 0.0496 e. The van der Waals surface area contributed by atoms with Gasteiger partial charge in [-0.2, -0.15) is 0 Å². The van der Waals surface area contributed by atoms with Crippen molar-refractivity contribution in [3.05, 3.63) is 287 Å². The number of aromatic nitrogens is 1. The lowest BCUT2D eigenvalue weighted by atomic mass is 9.66. The number of anilines is 8. The van der Waals surface area contributed by atoms with Crippen LogP contribution in [-0.4, -0.2) is 101 Å². The predicted molar refractivity (Wildman–Crippen MR) is 617 cm³/mol. The zero-order valence-electron chi connectivity index (χ0n) is 94.1. The van der Waals surface area contributed by atoms with E-state index in [0.29, 0.717) is 33.6 Å². The van der Waals surface area contributed by atoms with E-state index in [0.717, 1.165) is 19.0 Å². The van der Waals surface area contributed by atoms with Gasteiger partial charge in [-0.15, -0.1) is 0 Å². The molecule has 12 aliphatic rings. The van der Waals surface area contributed by atoms with Crippen molar-refractivity contribution < 1.29 is 0 Å². The van der Waals surface area contributed by atoms with E-state index in [1.807, 2.05) is 0 Å². The third kappa shape index (κ3) is 22.2. The van der Waals surface area contributed by atoms with Crippen LogP contribution in [0.4, 0.5) is 45.5 Å². The summed E-state index contributed by atoms with van der Waals surface area (Å²) >= 11 is 0. The lowest BCUT2D eigenvalue weighted by molar-refractivity contribution is 0.254. The van der Waals surface area contributed by atoms with Crippen LogP contribution in [0.25, 0.3) is 21.8 Å². The van der Waals surface area contributed by atoms with E-state index in [-0.39, 0.29) is 55.3 Å². The molecule has 0 bridgehead atoms. The number of nitrogens with zero attached hydrogens (tertiary/aromatic N) is 9. The van der Waals surface area contributed by atoms with Crippen LogP contribution < -0.4 is 39.2 Å². The minimum Gasteiger partial charge on any atom is -0.366 e. The van der Waals surface area contributed by atoms with Gasteiger partial charge >= 0.3 is 0 Å². The molecule has 3 unspecified atom stereocenters. The minimum absolute atomic E-state index is 0.0999. The second-order valence-electron chi connectivity index (χ2n) is 53.9. The molecule has 8 aliphatic heterocycles. The first kappa shape index (κ1) is 106. The molecule has 1 aromatic heterocycles. The van der Waals surface area contributed by atoms with Gasteiger partial charge in [0.05, 0.1) is 0 Å². The molecule has 4 fully saturated rings. The molecule has 11 aromatic rings. The third-order valence-corrected chi connectivity index (χ3v) is 33.5. The SMILES string of the molecule is CC(C)(C)N1CC2(CC2)c2ccccc21.CC(C)(C)N1CC2(CCC2)c2ccccc21.CC(C)(C)N1CC2(CCCC2)c2ccccc21.CC(C)(C)N1CC2(CCCCC2)c2ccccc21.CC(C)(C)n1c2ccccc2c2ccccc21.CC1(C)CN(C(C)(C)C)c2ccccc21.CC1CN(C(C)(C)C)c2ccccc21.CC1Cc2ccccc2N1C(C)(C)C.CCC1CN(C(C)(C)C)c2ccccc21. The second-order valence-corrected chi connectivity index (χ2v) is 53.9. The maximum atomic E-state index is 2.63. The van der Waals surface area contributed by atoms with E-state index in [1.165, 1.54) is 225 Å². The lowest BCUT2D eigenvalue weighted by Gasteiger charge is -2.42. The first-order valence-corrected chi connectivity index (χ1v) is 55.0. The Labute approximate surface area is 857 Å². The topological polar surface area (TPSA) is 30.9 Å². The summed E-state index contributed by atoms with van der Waals surface area (Å²) in [6.07, 6.45) is 22.0. The summed E-state index contributed by atoms with van der Waals surface area (Å²) < 4.78 is 2.43. The highest BCUT2D eigenvalue weighted by atomic mass is 15.3. The van der Waals surface area contributed by atoms with Crippen LogP contribution in [0.5, 0.6) is 0 Å². The molecule has 9 nitrogen and oxygen atoms in total. The van der Waals surface area contributed by atoms with Gasteiger partial charge < -0.3 is 43.8 Å². The van der Waals surface area contributed by atoms with Gasteiger partial charge in [-0.05, 0) is 363 Å². The summed E-state index contributed by atoms with van der Waals surface area (Å²) in [5, 5.41) is 2.69. The zero-order chi connectivity index (χ0) is 102. The Morgan fingerprint density at radius 2 is 0.539 bits per heavy atom. The summed E-state index contributed by atoms with van der Waals surface area (Å²) in [6, 6.07) is 89.3. The van der Waals surface area contributed by atoms with Crippen LogP contribution in [0, 0.1) is 0 Å². The van der Waals surface area contributed by atoms with Crippen molar-refractivity contribution in [1.82, 2.24) is 4.57 Å². The zero-order valence-corrected chi connectivity index (χ0v) is 94.1. The van der Waals surface area contributed by atoms with Crippen LogP contribution in [0.3, 0.4) is 0 Å². The summed E-state index contributed by atoms with van der Waals surface area (Å²) in [5.41, 5.74) is 31.0. The van der Waals surface area contributed by atoms with E-state index >= 15 is 0 Å². The van der Waals surface area contributed by atoms with E-state index < -0.39 is 0 Å². The van der Waals surface area contributed by atoms with E-state index in [2.05, 4.69) is 508 Å². The normalized spacial score (nSPS) is 20.3. The molecule has 9 heterocycles. The molecule has 0 amide bonds. The van der Waals surface area contributed by atoms with Gasteiger partial charge in [0.25, 0.3) is 0 Å². The Hall–Kier alpha value is -9.60. The van der Waals surface area contributed by atoms with E-state index in [4.69, 9.17) is 0 Å². The first-order chi connectivity index (χ1) is 66.1. The highest BCUT2D eigenvalue weighted by Gasteiger charge is 2.55. The third-order valence-electron chi connectivity index (χ3n) is 33.5. The van der Waals surface area contributed by atoms with Crippen molar-refractivity contribution >= 4 is 67.3 Å². The Balaban J connectivity index is 0.000000120. The standard InChI is InChI=1S/C17H25N.C16H17N.C16H23N.C15H21N.C14H19N.2C14H21N.2C13H19N/c1-16(2,3)18-13-17(11-7-4-8-12-17)14-9-5-6-10-15(14)18;1-16(2,3)17-14-10-6-4-8-12(14)13-9-5-7-11-15(13)17;1-15(2,3)17-12-16(10-6-7-11-16)13-8-4-5-9-14(13)17;1-14(2,3)16-11-15(9-6-10-15)12-7-4-5-8-13(12)16;1-13(2,3)15-10-14(8-9-14)11-6-4-5-7-12(11)15;1-13(2,3)15-10-14(4,5)11-8-6-7-9-12(11)15;1-5-11-10-15(14(2,3)4)13-9-7-6-8-12(11)13;1-10-9-14(13(2,3)4)12-8-6-5-7-11(10)12;1-10-9-11-7-5-6-8-12(11)14(10)13(2,3)4/h5-6,9-10H,4,7-8,11-13H2,1-3H3;4-11H,1-3H3;4-5,8-9H,6-7,10-12H2,1-3H3;4-5,7-8H,6,9-11H2,1-3H3;4-7H,8-10H2,1-3H3;6-9H,10H2,1-5H3;6-9,11H,5,10H2,1-4H3;2*5-8,10H,9H2,1-4H3. The number of hydrogen-bond donors (Lipinski definition) is 0. The number of hydrogen-bond acceptors (Lipinski definition) is 8. The van der Waals surface area contributed by atoms with Gasteiger partial charge in [-0.1, -0.05) is 248 Å². The number of benzene rings is 10. The summed E-state index contributed by atoms with van der Waals surface area (Å²) in [4.78, 5) is 20.5. The first-order valence-electron chi connectivity index (χ1n) is 55.0. The van der Waals surface area contributed by atoms with Crippen LogP contribution in [0.15, 0.2) is 243 Å². The maximum absolute atomic E-state index is 2.63. The summed E-state index contributed by atoms with van der Waals surface area (Å²) in [6.45, 7) is 82.0. The second kappa shape index (κ2) is 40.1. The smallest absolute Gasteiger partial charge is 0.0496 e. The van der Waals surface area contributed by atoms with Crippen molar-refractivity contribution in [1.29, 1.82) is 0 Å². The summed E-state index contributed by atoms with van der Waals surface area (Å²) in [7, 11) is 0. The number of rotatable bonds is 1. The molecule has 4 aliphatic carbocycles. The van der Waals surface area contributed by atoms with Gasteiger partial charge in [0.2, 0.25) is 0 Å². The van der Waals surface area contributed by atoms with E-state index in [9.17, 15) is 0 Å². The molecule has 758 valence electrons. The van der Waals surface area contributed by atoms with E-state index in [1.54, 1.807) is 22.3 Å². The fourth-order valence-corrected chi connectivity index (χ4v) is 26.1. The number of para-hydroxylation sites is 10. The molecule has 9 heteroatoms. The van der Waals surface area contributed by atoms with Gasteiger partial charge in [-0.25, -0.2) is 0 Å². The average Bonchev–Trinajstić information content (AvgIpc) is 1.55. The van der Waals surface area contributed by atoms with Crippen LogP contribution in [0.2, 0.25) is 0 Å². The fraction of sp³-hybridized carbons (Fsp3) is 0.545. The highest BCUT2D eigenvalue weighted by Crippen LogP contribution is 2.60. The molecule has 0 N–H and O–H groups in total. The fourth-order valence-electron chi connectivity index (χ4n) is 26.1. The molecule has 141 heavy (non-hydrogen) atoms. The summed E-state index contributed by atoms with van der Waals surface area (Å²) in [5.74, 6) is 1.39. The molecule has 23 rings (SSSR count). The highest BCUT2D eigenvalue weighted by molar-refractivity contribution is 6.08. The van der Waals surface area contributed by atoms with Crippen molar-refractivity contribution in [2.24, 2.45) is 0 Å². The van der Waals surface area contributed by atoms with Crippen LogP contribution in [0.1, 0.15) is 374 Å². The van der Waals surface area contributed by atoms with Crippen LogP contribution >= 0.6 is 0 Å². The number of fused-ring (bicyclic) bond motifs is 15. The molecular weight excluding hydrogens is 1710 g/mol. The average molecular weight is 1900 g/mol. The Bertz CT molecular complexity index is 5940. The monoisotopic (exact) mass is 1900 g/mol. The molecule has 3 atom stereocenters. The quantitative estimate of drug-likeness (QED) is 0.161. The molecule has 0 radical (unpaired) electrons. The van der Waals surface area contributed by atoms with Crippen molar-refractivity contribution in [2.45, 2.75) is 419 Å². The van der Waals surface area contributed by atoms with Gasteiger partial charge in [0.15, 0.2) is 0 Å². The van der Waals surface area contributed by atoms with Crippen LogP contribution in [-0.2, 0) is 39.0 Å². The molecular formula is C132H185N9. The molecule has 4 spiro atoms. The van der Waals surface area contributed by atoms with Gasteiger partial charge in [-0.3, -0.25) is 0 Å². The lowest BCUT2D eigenvalue weighted by Crippen LogP contribution is -2.46. The Morgan fingerprint density at radius 1 is 0.255 bits per heavy atom. The van der Waals surface area contributed by atoms with Crippen molar-refractivity contribution in [3.63, 3.8) is 0 Å².